The first-order valence-electron chi connectivity index (χ1n) is 9.03. The van der Waals surface area contributed by atoms with Crippen molar-refractivity contribution in [3.63, 3.8) is 0 Å². The molecule has 0 bridgehead atoms. The van der Waals surface area contributed by atoms with Crippen LogP contribution in [0.5, 0.6) is 0 Å². The van der Waals surface area contributed by atoms with Crippen LogP contribution in [0.2, 0.25) is 5.82 Å². The first kappa shape index (κ1) is 22.5. The van der Waals surface area contributed by atoms with E-state index in [2.05, 4.69) is 0 Å². The summed E-state index contributed by atoms with van der Waals surface area (Å²) in [5.74, 6) is -25.7. The van der Waals surface area contributed by atoms with Gasteiger partial charge in [0.2, 0.25) is 6.71 Å². The molecule has 0 aliphatic heterocycles. The fraction of sp³-hybridized carbons (Fsp3) is 0.368. The van der Waals surface area contributed by atoms with E-state index in [1.807, 2.05) is 0 Å². The molecular formula is C19H13BF10. The summed E-state index contributed by atoms with van der Waals surface area (Å²) in [5, 5.41) is 0. The standard InChI is InChI=1S/C19H13BF10/c1-6-4-2-3-5-7(6)20(8-10(21)14(25)18(29)15(26)11(8)22)9-12(23)16(27)19(30)17(28)13(9)24/h6-7H,2-5H2,1H3/t6-,7-/m0/s1. The summed E-state index contributed by atoms with van der Waals surface area (Å²) in [7, 11) is 0. The van der Waals surface area contributed by atoms with Crippen molar-refractivity contribution < 1.29 is 43.9 Å². The Kier molecular flexibility index (Phi) is 6.11. The predicted octanol–water partition coefficient (Wildman–Crippen LogP) is 5.27. The molecule has 0 amide bonds. The van der Waals surface area contributed by atoms with E-state index < -0.39 is 87.5 Å². The van der Waals surface area contributed by atoms with Gasteiger partial charge in [-0.3, -0.25) is 0 Å². The summed E-state index contributed by atoms with van der Waals surface area (Å²) < 4.78 is 140. The van der Waals surface area contributed by atoms with Crippen molar-refractivity contribution in [1.82, 2.24) is 0 Å². The van der Waals surface area contributed by atoms with Crippen molar-refractivity contribution in [1.29, 1.82) is 0 Å². The summed E-state index contributed by atoms with van der Waals surface area (Å²) in [6.45, 7) is -0.774. The van der Waals surface area contributed by atoms with E-state index in [1.54, 1.807) is 0 Å². The number of benzene rings is 2. The Hall–Kier alpha value is -2.20. The average Bonchev–Trinajstić information content (AvgIpc) is 2.73. The van der Waals surface area contributed by atoms with E-state index in [9.17, 15) is 43.9 Å². The van der Waals surface area contributed by atoms with Crippen LogP contribution in [0.15, 0.2) is 0 Å². The molecule has 1 fully saturated rings. The lowest BCUT2D eigenvalue weighted by molar-refractivity contribution is 0.371. The molecule has 1 saturated carbocycles. The first-order chi connectivity index (χ1) is 14.0. The van der Waals surface area contributed by atoms with Gasteiger partial charge in [0.25, 0.3) is 0 Å². The topological polar surface area (TPSA) is 0 Å². The van der Waals surface area contributed by atoms with E-state index in [1.165, 1.54) is 6.92 Å². The van der Waals surface area contributed by atoms with Crippen LogP contribution in [-0.2, 0) is 0 Å². The molecule has 1 aliphatic rings. The van der Waals surface area contributed by atoms with Gasteiger partial charge in [0, 0.05) is 10.9 Å². The lowest BCUT2D eigenvalue weighted by Gasteiger charge is -2.34. The van der Waals surface area contributed by atoms with E-state index in [0.717, 1.165) is 0 Å². The molecule has 0 saturated heterocycles. The lowest BCUT2D eigenvalue weighted by atomic mass is 9.30. The molecule has 0 radical (unpaired) electrons. The summed E-state index contributed by atoms with van der Waals surface area (Å²) in [4.78, 5) is 0. The maximum Gasteiger partial charge on any atom is 0.228 e. The molecule has 1 aliphatic carbocycles. The van der Waals surface area contributed by atoms with E-state index in [4.69, 9.17) is 0 Å². The summed E-state index contributed by atoms with van der Waals surface area (Å²) in [6, 6.07) is 0. The highest BCUT2D eigenvalue weighted by Crippen LogP contribution is 2.38. The third-order valence-electron chi connectivity index (χ3n) is 5.72. The van der Waals surface area contributed by atoms with E-state index in [0.29, 0.717) is 19.3 Å². The molecule has 0 N–H and O–H groups in total. The van der Waals surface area contributed by atoms with Crippen molar-refractivity contribution in [2.45, 2.75) is 38.4 Å². The van der Waals surface area contributed by atoms with Gasteiger partial charge in [0.05, 0.1) is 0 Å². The fourth-order valence-corrected chi connectivity index (χ4v) is 4.20. The van der Waals surface area contributed by atoms with Gasteiger partial charge in [-0.2, -0.15) is 0 Å². The van der Waals surface area contributed by atoms with Crippen molar-refractivity contribution in [2.75, 3.05) is 0 Å². The Morgan fingerprint density at radius 2 is 0.800 bits per heavy atom. The molecule has 0 heterocycles. The quantitative estimate of drug-likeness (QED) is 0.263. The number of hydrogen-bond acceptors (Lipinski definition) is 0. The van der Waals surface area contributed by atoms with Gasteiger partial charge < -0.3 is 0 Å². The molecule has 0 aromatic heterocycles. The highest BCUT2D eigenvalue weighted by molar-refractivity contribution is 6.86. The van der Waals surface area contributed by atoms with Crippen molar-refractivity contribution in [2.24, 2.45) is 5.92 Å². The maximum atomic E-state index is 14.5. The highest BCUT2D eigenvalue weighted by Gasteiger charge is 2.45. The Balaban J connectivity index is 2.42. The Labute approximate surface area is 165 Å². The van der Waals surface area contributed by atoms with Crippen LogP contribution in [0, 0.1) is 64.1 Å². The van der Waals surface area contributed by atoms with Crippen molar-refractivity contribution >= 4 is 17.6 Å². The molecule has 2 aromatic rings. The van der Waals surface area contributed by atoms with Gasteiger partial charge in [-0.05, 0) is 5.92 Å². The molecule has 2 aromatic carbocycles. The monoisotopic (exact) mass is 442 g/mol. The second kappa shape index (κ2) is 8.15. The zero-order chi connectivity index (χ0) is 22.5. The molecule has 0 spiro atoms. The van der Waals surface area contributed by atoms with Crippen molar-refractivity contribution in [3.05, 3.63) is 58.2 Å². The average molecular weight is 442 g/mol. The smallest absolute Gasteiger partial charge is 0.204 e. The summed E-state index contributed by atoms with van der Waals surface area (Å²) in [5.41, 5.74) is -3.23. The van der Waals surface area contributed by atoms with Crippen LogP contribution in [0.4, 0.5) is 43.9 Å². The SMILES string of the molecule is C[C@H]1CCCC[C@@H]1B(c1c(F)c(F)c(F)c(F)c1F)c1c(F)c(F)c(F)c(F)c1F. The van der Waals surface area contributed by atoms with Crippen LogP contribution >= 0.6 is 0 Å². The molecule has 0 unspecified atom stereocenters. The Bertz CT molecular complexity index is 878. The number of rotatable bonds is 3. The van der Waals surface area contributed by atoms with Gasteiger partial charge in [0.1, 0.15) is 0 Å². The molecule has 3 rings (SSSR count). The predicted molar refractivity (Wildman–Crippen MR) is 88.9 cm³/mol. The normalized spacial score (nSPS) is 19.3. The first-order valence-corrected chi connectivity index (χ1v) is 9.03. The Morgan fingerprint density at radius 1 is 0.500 bits per heavy atom. The number of hydrogen-bond donors (Lipinski definition) is 0. The summed E-state index contributed by atoms with van der Waals surface area (Å²) >= 11 is 0. The molecule has 162 valence electrons. The molecule has 0 nitrogen and oxygen atoms in total. The maximum absolute atomic E-state index is 14.5. The van der Waals surface area contributed by atoms with Crippen LogP contribution in [0.25, 0.3) is 0 Å². The van der Waals surface area contributed by atoms with Gasteiger partial charge in [-0.1, -0.05) is 38.4 Å². The number of halogens is 10. The fourth-order valence-electron chi connectivity index (χ4n) is 4.20. The third kappa shape index (κ3) is 3.35. The highest BCUT2D eigenvalue weighted by atomic mass is 19.2. The largest absolute Gasteiger partial charge is 0.228 e. The minimum atomic E-state index is -2.50. The van der Waals surface area contributed by atoms with Gasteiger partial charge in [0.15, 0.2) is 58.2 Å². The molecule has 11 heteroatoms. The van der Waals surface area contributed by atoms with Crippen LogP contribution in [0.3, 0.4) is 0 Å². The Morgan fingerprint density at radius 3 is 1.13 bits per heavy atom. The molecule has 2 atom stereocenters. The minimum absolute atomic E-state index is 0.0187. The van der Waals surface area contributed by atoms with E-state index >= 15 is 0 Å². The lowest BCUT2D eigenvalue weighted by Crippen LogP contribution is -2.55. The second-order valence-corrected chi connectivity index (χ2v) is 7.37. The third-order valence-corrected chi connectivity index (χ3v) is 5.72. The zero-order valence-electron chi connectivity index (χ0n) is 15.3. The second-order valence-electron chi connectivity index (χ2n) is 7.37. The van der Waals surface area contributed by atoms with Gasteiger partial charge >= 0.3 is 0 Å². The zero-order valence-corrected chi connectivity index (χ0v) is 15.3. The van der Waals surface area contributed by atoms with Crippen LogP contribution in [-0.4, -0.2) is 6.71 Å². The van der Waals surface area contributed by atoms with Gasteiger partial charge in [-0.15, -0.1) is 0 Å². The molecular weight excluding hydrogens is 429 g/mol. The van der Waals surface area contributed by atoms with E-state index in [-0.39, 0.29) is 6.42 Å². The van der Waals surface area contributed by atoms with Gasteiger partial charge in [-0.25, -0.2) is 43.9 Å². The molecule has 30 heavy (non-hydrogen) atoms. The summed E-state index contributed by atoms with van der Waals surface area (Å²) in [6.07, 6.45) is 1.37. The van der Waals surface area contributed by atoms with Crippen LogP contribution < -0.4 is 10.9 Å². The minimum Gasteiger partial charge on any atom is -0.204 e. The van der Waals surface area contributed by atoms with Crippen molar-refractivity contribution in [3.8, 4) is 0 Å². The van der Waals surface area contributed by atoms with Crippen LogP contribution in [0.1, 0.15) is 32.6 Å².